The summed E-state index contributed by atoms with van der Waals surface area (Å²) in [5.41, 5.74) is -0.719. The third-order valence-corrected chi connectivity index (χ3v) is 3.09. The van der Waals surface area contributed by atoms with E-state index in [0.717, 1.165) is 6.07 Å². The molecule has 0 aliphatic carbocycles. The topological polar surface area (TPSA) is 15.3 Å². The fraction of sp³-hybridized carbons (Fsp3) is 0.500. The fourth-order valence-electron chi connectivity index (χ4n) is 2.12. The van der Waals surface area contributed by atoms with Crippen molar-refractivity contribution in [3.63, 3.8) is 0 Å². The van der Waals surface area contributed by atoms with Crippen molar-refractivity contribution >= 4 is 18.1 Å². The molecular weight excluding hydrogens is 284 g/mol. The van der Waals surface area contributed by atoms with Crippen molar-refractivity contribution in [2.24, 2.45) is 0 Å². The van der Waals surface area contributed by atoms with Crippen LogP contribution in [-0.4, -0.2) is 25.7 Å². The Kier molecular flexibility index (Phi) is 5.04. The lowest BCUT2D eigenvalue weighted by molar-refractivity contribution is -0.137. The molecule has 0 radical (unpaired) electrons. The van der Waals surface area contributed by atoms with Crippen LogP contribution in [0.1, 0.15) is 12.5 Å². The number of hydrogen-bond donors (Lipinski definition) is 1. The minimum atomic E-state index is -4.51. The Morgan fingerprint density at radius 1 is 1.32 bits per heavy atom. The van der Waals surface area contributed by atoms with Crippen molar-refractivity contribution in [1.29, 1.82) is 0 Å². The second-order valence-electron chi connectivity index (χ2n) is 4.41. The van der Waals surface area contributed by atoms with Crippen LogP contribution in [0.25, 0.3) is 0 Å². The standard InChI is InChI=1S/C12H14F4N2.ClH/c1-8-7-17-4-5-18(8)11-3-2-9(6-10(11)13)12(14,15)16;/h2-3,6,8,17H,4-5,7H2,1H3;1H. The molecule has 1 aromatic rings. The summed E-state index contributed by atoms with van der Waals surface area (Å²) in [6.07, 6.45) is -4.51. The van der Waals surface area contributed by atoms with Gasteiger partial charge >= 0.3 is 6.18 Å². The van der Waals surface area contributed by atoms with Gasteiger partial charge < -0.3 is 10.2 Å². The normalized spacial score (nSPS) is 20.1. The summed E-state index contributed by atoms with van der Waals surface area (Å²) in [7, 11) is 0. The van der Waals surface area contributed by atoms with Gasteiger partial charge in [0.15, 0.2) is 0 Å². The number of rotatable bonds is 1. The molecule has 1 N–H and O–H groups in total. The van der Waals surface area contributed by atoms with E-state index in [4.69, 9.17) is 0 Å². The molecule has 7 heteroatoms. The molecule has 1 atom stereocenters. The van der Waals surface area contributed by atoms with E-state index < -0.39 is 17.6 Å². The minimum Gasteiger partial charge on any atom is -0.364 e. The van der Waals surface area contributed by atoms with Crippen molar-refractivity contribution < 1.29 is 17.6 Å². The summed E-state index contributed by atoms with van der Waals surface area (Å²) < 4.78 is 51.1. The molecule has 0 spiro atoms. The SMILES string of the molecule is CC1CNCCN1c1ccc(C(F)(F)F)cc1F.Cl. The fourth-order valence-corrected chi connectivity index (χ4v) is 2.12. The first kappa shape index (κ1) is 16.0. The molecule has 2 rings (SSSR count). The number of halogens is 5. The van der Waals surface area contributed by atoms with Crippen LogP contribution in [-0.2, 0) is 6.18 Å². The number of piperazine rings is 1. The van der Waals surface area contributed by atoms with Crippen molar-refractivity contribution in [2.75, 3.05) is 24.5 Å². The second-order valence-corrected chi connectivity index (χ2v) is 4.41. The predicted molar refractivity (Wildman–Crippen MR) is 68.3 cm³/mol. The lowest BCUT2D eigenvalue weighted by Gasteiger charge is -2.36. The molecule has 1 unspecified atom stereocenters. The lowest BCUT2D eigenvalue weighted by atomic mass is 10.1. The van der Waals surface area contributed by atoms with Gasteiger partial charge in [-0.15, -0.1) is 12.4 Å². The molecule has 0 aromatic heterocycles. The first-order chi connectivity index (χ1) is 8.39. The van der Waals surface area contributed by atoms with Gasteiger partial charge in [0.25, 0.3) is 0 Å². The van der Waals surface area contributed by atoms with Gasteiger partial charge in [0.1, 0.15) is 5.82 Å². The summed E-state index contributed by atoms with van der Waals surface area (Å²) >= 11 is 0. The van der Waals surface area contributed by atoms with Crippen LogP contribution < -0.4 is 10.2 Å². The summed E-state index contributed by atoms with van der Waals surface area (Å²) in [6, 6.07) is 2.75. The van der Waals surface area contributed by atoms with Gasteiger partial charge in [0, 0.05) is 25.7 Å². The van der Waals surface area contributed by atoms with Crippen LogP contribution in [0.5, 0.6) is 0 Å². The molecule has 0 amide bonds. The molecule has 0 bridgehead atoms. The molecular formula is C12H15ClF4N2. The zero-order chi connectivity index (χ0) is 13.3. The van der Waals surface area contributed by atoms with Crippen LogP contribution >= 0.6 is 12.4 Å². The van der Waals surface area contributed by atoms with Gasteiger partial charge in [0.05, 0.1) is 11.3 Å². The highest BCUT2D eigenvalue weighted by molar-refractivity contribution is 5.85. The van der Waals surface area contributed by atoms with Crippen molar-refractivity contribution in [1.82, 2.24) is 5.32 Å². The first-order valence-electron chi connectivity index (χ1n) is 5.73. The predicted octanol–water partition coefficient (Wildman–Crippen LogP) is 3.06. The largest absolute Gasteiger partial charge is 0.416 e. The Labute approximate surface area is 115 Å². The van der Waals surface area contributed by atoms with E-state index in [1.54, 1.807) is 4.90 Å². The summed E-state index contributed by atoms with van der Waals surface area (Å²) in [5.74, 6) is -0.821. The van der Waals surface area contributed by atoms with E-state index in [-0.39, 0.29) is 24.1 Å². The highest BCUT2D eigenvalue weighted by Gasteiger charge is 2.32. The van der Waals surface area contributed by atoms with Gasteiger partial charge in [-0.2, -0.15) is 13.2 Å². The monoisotopic (exact) mass is 298 g/mol. The van der Waals surface area contributed by atoms with E-state index in [1.165, 1.54) is 6.07 Å². The Morgan fingerprint density at radius 3 is 2.53 bits per heavy atom. The second kappa shape index (κ2) is 5.96. The smallest absolute Gasteiger partial charge is 0.364 e. The lowest BCUT2D eigenvalue weighted by Crippen LogP contribution is -2.50. The first-order valence-corrected chi connectivity index (χ1v) is 5.73. The molecule has 0 saturated carbocycles. The molecule has 2 nitrogen and oxygen atoms in total. The Morgan fingerprint density at radius 2 is 2.00 bits per heavy atom. The molecule has 1 fully saturated rings. The van der Waals surface area contributed by atoms with Gasteiger partial charge in [-0.3, -0.25) is 0 Å². The highest BCUT2D eigenvalue weighted by Crippen LogP contribution is 2.32. The maximum atomic E-state index is 13.8. The number of nitrogens with one attached hydrogen (secondary N) is 1. The zero-order valence-electron chi connectivity index (χ0n) is 10.3. The van der Waals surface area contributed by atoms with Crippen LogP contribution in [0.15, 0.2) is 18.2 Å². The average Bonchev–Trinajstić information content (AvgIpc) is 2.29. The summed E-state index contributed by atoms with van der Waals surface area (Å²) in [6.45, 7) is 3.89. The van der Waals surface area contributed by atoms with Crippen LogP contribution in [0.4, 0.5) is 23.2 Å². The third-order valence-electron chi connectivity index (χ3n) is 3.09. The molecule has 1 heterocycles. The molecule has 1 aliphatic heterocycles. The molecule has 19 heavy (non-hydrogen) atoms. The van der Waals surface area contributed by atoms with Gasteiger partial charge in [-0.1, -0.05) is 0 Å². The maximum absolute atomic E-state index is 13.8. The maximum Gasteiger partial charge on any atom is 0.416 e. The van der Waals surface area contributed by atoms with Gasteiger partial charge in [-0.05, 0) is 25.1 Å². The van der Waals surface area contributed by atoms with Crippen LogP contribution in [0.2, 0.25) is 0 Å². The Balaban J connectivity index is 0.00000180. The number of anilines is 1. The summed E-state index contributed by atoms with van der Waals surface area (Å²) in [4.78, 5) is 1.78. The highest BCUT2D eigenvalue weighted by atomic mass is 35.5. The van der Waals surface area contributed by atoms with Crippen molar-refractivity contribution in [2.45, 2.75) is 19.1 Å². The van der Waals surface area contributed by atoms with Crippen molar-refractivity contribution in [3.05, 3.63) is 29.6 Å². The van der Waals surface area contributed by atoms with Gasteiger partial charge in [0.2, 0.25) is 0 Å². The van der Waals surface area contributed by atoms with Crippen molar-refractivity contribution in [3.8, 4) is 0 Å². The van der Waals surface area contributed by atoms with E-state index in [9.17, 15) is 17.6 Å². The van der Waals surface area contributed by atoms with E-state index >= 15 is 0 Å². The number of nitrogens with zero attached hydrogens (tertiary/aromatic N) is 1. The minimum absolute atomic E-state index is 0. The quantitative estimate of drug-likeness (QED) is 0.802. The van der Waals surface area contributed by atoms with E-state index in [1.807, 2.05) is 6.92 Å². The molecule has 1 aliphatic rings. The molecule has 1 saturated heterocycles. The Bertz CT molecular complexity index is 436. The van der Waals surface area contributed by atoms with Gasteiger partial charge in [-0.25, -0.2) is 4.39 Å². The van der Waals surface area contributed by atoms with E-state index in [0.29, 0.717) is 25.7 Å². The average molecular weight is 299 g/mol. The molecule has 1 aromatic carbocycles. The van der Waals surface area contributed by atoms with Crippen LogP contribution in [0, 0.1) is 5.82 Å². The number of benzene rings is 1. The Hall–Kier alpha value is -1.01. The number of alkyl halides is 3. The summed E-state index contributed by atoms with van der Waals surface area (Å²) in [5, 5.41) is 3.15. The number of hydrogen-bond acceptors (Lipinski definition) is 2. The zero-order valence-corrected chi connectivity index (χ0v) is 11.1. The third kappa shape index (κ3) is 3.51. The van der Waals surface area contributed by atoms with E-state index in [2.05, 4.69) is 5.32 Å². The van der Waals surface area contributed by atoms with Crippen LogP contribution in [0.3, 0.4) is 0 Å². The molecule has 108 valence electrons.